The predicted octanol–water partition coefficient (Wildman–Crippen LogP) is -0.0197. The van der Waals surface area contributed by atoms with Gasteiger partial charge in [0.1, 0.15) is 0 Å². The van der Waals surface area contributed by atoms with Crippen molar-refractivity contribution in [2.45, 2.75) is 26.2 Å². The number of rotatable bonds is 6. The lowest BCUT2D eigenvalue weighted by Crippen LogP contribution is -2.39. The number of aromatic nitrogens is 3. The zero-order valence-electron chi connectivity index (χ0n) is 12.1. The van der Waals surface area contributed by atoms with Crippen LogP contribution in [0.1, 0.15) is 26.2 Å². The first-order valence-electron chi connectivity index (χ1n) is 7.10. The van der Waals surface area contributed by atoms with Crippen LogP contribution < -0.4 is 21.3 Å². The van der Waals surface area contributed by atoms with Gasteiger partial charge in [0.25, 0.3) is 0 Å². The Hall–Kier alpha value is -2.16. The van der Waals surface area contributed by atoms with Gasteiger partial charge in [-0.1, -0.05) is 0 Å². The van der Waals surface area contributed by atoms with Gasteiger partial charge in [0.15, 0.2) is 0 Å². The molecule has 1 aliphatic heterocycles. The van der Waals surface area contributed by atoms with Gasteiger partial charge in [0.05, 0.1) is 13.2 Å². The normalized spacial score (nSPS) is 14.7. The minimum Gasteiger partial charge on any atom is -0.464 e. The predicted molar refractivity (Wildman–Crippen MR) is 77.7 cm³/mol. The van der Waals surface area contributed by atoms with Crippen LogP contribution in [-0.4, -0.2) is 52.0 Å². The number of nitrogens with one attached hydrogen (secondary N) is 2. The van der Waals surface area contributed by atoms with E-state index in [0.717, 1.165) is 25.9 Å². The molecule has 0 aliphatic carbocycles. The summed E-state index contributed by atoms with van der Waals surface area (Å²) >= 11 is 0. The minimum absolute atomic E-state index is 0.0373. The van der Waals surface area contributed by atoms with Gasteiger partial charge in [-0.15, -0.1) is 0 Å². The second-order valence-electron chi connectivity index (χ2n) is 4.64. The fourth-order valence-electron chi connectivity index (χ4n) is 2.10. The Kier molecular flexibility index (Phi) is 5.50. The van der Waals surface area contributed by atoms with Crippen molar-refractivity contribution in [2.75, 3.05) is 37.0 Å². The third-order valence-electron chi connectivity index (χ3n) is 3.12. The van der Waals surface area contributed by atoms with Crippen molar-refractivity contribution in [1.82, 2.24) is 19.9 Å². The van der Waals surface area contributed by atoms with Gasteiger partial charge in [0, 0.05) is 13.1 Å². The number of anilines is 2. The number of carbonyl (C=O) groups excluding carboxylic acids is 1. The average Bonchev–Trinajstić information content (AvgIpc) is 2.53. The summed E-state index contributed by atoms with van der Waals surface area (Å²) < 4.78 is 5.22. The average molecular weight is 295 g/mol. The van der Waals surface area contributed by atoms with E-state index in [4.69, 9.17) is 10.6 Å². The Morgan fingerprint density at radius 2 is 1.95 bits per heavy atom. The molecule has 0 radical (unpaired) electrons. The molecular weight excluding hydrogens is 274 g/mol. The van der Waals surface area contributed by atoms with Gasteiger partial charge in [-0.2, -0.15) is 15.0 Å². The maximum Gasteiger partial charge on any atom is 0.323 e. The molecule has 1 fully saturated rings. The molecule has 9 nitrogen and oxygen atoms in total. The zero-order chi connectivity index (χ0) is 15.1. The van der Waals surface area contributed by atoms with Crippen LogP contribution in [0.2, 0.25) is 0 Å². The summed E-state index contributed by atoms with van der Waals surface area (Å²) in [5.74, 6) is 5.77. The maximum absolute atomic E-state index is 12.1. The first-order valence-corrected chi connectivity index (χ1v) is 7.10. The summed E-state index contributed by atoms with van der Waals surface area (Å²) in [7, 11) is 0. The molecule has 0 bridgehead atoms. The molecule has 0 unspecified atom stereocenters. The SMILES string of the molecule is CCOc1nc(NN)nc(NCC(=O)N2CCCCC2)n1. The number of likely N-dealkylation sites (tertiary alicyclic amines) is 1. The van der Waals surface area contributed by atoms with E-state index in [9.17, 15) is 4.79 Å². The van der Waals surface area contributed by atoms with Crippen LogP contribution >= 0.6 is 0 Å². The van der Waals surface area contributed by atoms with Gasteiger partial charge >= 0.3 is 6.01 Å². The number of hydrogen-bond acceptors (Lipinski definition) is 8. The Labute approximate surface area is 123 Å². The molecule has 1 saturated heterocycles. The van der Waals surface area contributed by atoms with E-state index >= 15 is 0 Å². The van der Waals surface area contributed by atoms with E-state index in [2.05, 4.69) is 25.7 Å². The van der Waals surface area contributed by atoms with Crippen LogP contribution in [0.5, 0.6) is 6.01 Å². The summed E-state index contributed by atoms with van der Waals surface area (Å²) in [6.45, 7) is 4.03. The molecule has 1 amide bonds. The lowest BCUT2D eigenvalue weighted by Gasteiger charge is -2.26. The van der Waals surface area contributed by atoms with Gasteiger partial charge in [-0.25, -0.2) is 5.84 Å². The van der Waals surface area contributed by atoms with Crippen molar-refractivity contribution in [3.05, 3.63) is 0 Å². The van der Waals surface area contributed by atoms with Crippen molar-refractivity contribution in [3.63, 3.8) is 0 Å². The Morgan fingerprint density at radius 1 is 1.24 bits per heavy atom. The van der Waals surface area contributed by atoms with Crippen molar-refractivity contribution in [3.8, 4) is 6.01 Å². The molecule has 2 heterocycles. The van der Waals surface area contributed by atoms with Crippen LogP contribution in [0.4, 0.5) is 11.9 Å². The number of ether oxygens (including phenoxy) is 1. The second-order valence-corrected chi connectivity index (χ2v) is 4.64. The van der Waals surface area contributed by atoms with Gasteiger partial charge in [0.2, 0.25) is 17.8 Å². The summed E-state index contributed by atoms with van der Waals surface area (Å²) in [6.07, 6.45) is 3.31. The highest BCUT2D eigenvalue weighted by atomic mass is 16.5. The number of carbonyl (C=O) groups is 1. The molecule has 0 spiro atoms. The fourth-order valence-corrected chi connectivity index (χ4v) is 2.10. The number of hydrazine groups is 1. The third-order valence-corrected chi connectivity index (χ3v) is 3.12. The molecule has 1 aromatic heterocycles. The van der Waals surface area contributed by atoms with Crippen LogP contribution in [0.15, 0.2) is 0 Å². The molecule has 21 heavy (non-hydrogen) atoms. The quantitative estimate of drug-likeness (QED) is 0.495. The molecule has 0 atom stereocenters. The largest absolute Gasteiger partial charge is 0.464 e. The van der Waals surface area contributed by atoms with Crippen molar-refractivity contribution < 1.29 is 9.53 Å². The first kappa shape index (κ1) is 15.2. The highest BCUT2D eigenvalue weighted by Gasteiger charge is 2.16. The lowest BCUT2D eigenvalue weighted by molar-refractivity contribution is -0.130. The molecule has 9 heteroatoms. The number of nitrogen functional groups attached to an aromatic ring is 1. The fraction of sp³-hybridized carbons (Fsp3) is 0.667. The Bertz CT molecular complexity index is 477. The summed E-state index contributed by atoms with van der Waals surface area (Å²) in [5, 5.41) is 2.89. The number of nitrogens with zero attached hydrogens (tertiary/aromatic N) is 4. The van der Waals surface area contributed by atoms with Crippen LogP contribution in [0, 0.1) is 0 Å². The Morgan fingerprint density at radius 3 is 2.62 bits per heavy atom. The van der Waals surface area contributed by atoms with E-state index in [0.29, 0.717) is 6.61 Å². The number of hydrogen-bond donors (Lipinski definition) is 3. The topological polar surface area (TPSA) is 118 Å². The van der Waals surface area contributed by atoms with Crippen LogP contribution in [0.3, 0.4) is 0 Å². The summed E-state index contributed by atoms with van der Waals surface area (Å²) in [5.41, 5.74) is 2.34. The monoisotopic (exact) mass is 295 g/mol. The van der Waals surface area contributed by atoms with Crippen molar-refractivity contribution >= 4 is 17.8 Å². The number of nitrogens with two attached hydrogens (primary N) is 1. The van der Waals surface area contributed by atoms with E-state index < -0.39 is 0 Å². The van der Waals surface area contributed by atoms with E-state index in [1.807, 2.05) is 11.8 Å². The second kappa shape index (κ2) is 7.58. The minimum atomic E-state index is 0.0373. The lowest BCUT2D eigenvalue weighted by atomic mass is 10.1. The number of piperidine rings is 1. The molecule has 2 rings (SSSR count). The molecule has 1 aromatic rings. The van der Waals surface area contributed by atoms with Gasteiger partial charge in [-0.3, -0.25) is 10.2 Å². The maximum atomic E-state index is 12.1. The molecule has 116 valence electrons. The zero-order valence-corrected chi connectivity index (χ0v) is 12.1. The number of amides is 1. The molecule has 0 saturated carbocycles. The van der Waals surface area contributed by atoms with Crippen LogP contribution in [0.25, 0.3) is 0 Å². The molecule has 4 N–H and O–H groups in total. The van der Waals surface area contributed by atoms with Gasteiger partial charge in [-0.05, 0) is 26.2 Å². The Balaban J connectivity index is 1.94. The van der Waals surface area contributed by atoms with Crippen molar-refractivity contribution in [1.29, 1.82) is 0 Å². The first-order chi connectivity index (χ1) is 10.2. The summed E-state index contributed by atoms with van der Waals surface area (Å²) in [4.78, 5) is 25.9. The highest BCUT2D eigenvalue weighted by molar-refractivity contribution is 5.80. The van der Waals surface area contributed by atoms with E-state index in [1.165, 1.54) is 6.42 Å². The molecule has 1 aliphatic rings. The van der Waals surface area contributed by atoms with Gasteiger partial charge < -0.3 is 15.0 Å². The molecule has 0 aromatic carbocycles. The van der Waals surface area contributed by atoms with Crippen LogP contribution in [-0.2, 0) is 4.79 Å². The smallest absolute Gasteiger partial charge is 0.323 e. The van der Waals surface area contributed by atoms with E-state index in [-0.39, 0.29) is 30.4 Å². The highest BCUT2D eigenvalue weighted by Crippen LogP contribution is 2.11. The van der Waals surface area contributed by atoms with Crippen molar-refractivity contribution in [2.24, 2.45) is 5.84 Å². The molecular formula is C12H21N7O2. The standard InChI is InChI=1S/C12H21N7O2/c1-2-21-12-16-10(15-11(17-12)18-13)14-8-9(20)19-6-4-3-5-7-19/h2-8,13H2,1H3,(H2,14,15,16,17,18). The summed E-state index contributed by atoms with van der Waals surface area (Å²) in [6, 6.07) is 0.161. The third kappa shape index (κ3) is 4.42. The van der Waals surface area contributed by atoms with E-state index in [1.54, 1.807) is 0 Å².